The monoisotopic (exact) mass is 437 g/mol. The van der Waals surface area contributed by atoms with E-state index in [1.54, 1.807) is 0 Å². The molecule has 5 aliphatic rings. The fourth-order valence-electron chi connectivity index (χ4n) is 6.58. The smallest absolute Gasteiger partial charge is 0.146 e. The Morgan fingerprint density at radius 1 is 0.968 bits per heavy atom. The average Bonchev–Trinajstić information content (AvgIpc) is 3.50. The largest absolute Gasteiger partial charge is 0.381 e. The topological polar surface area (TPSA) is 70.3 Å². The Morgan fingerprint density at radius 2 is 1.84 bits per heavy atom. The van der Waals surface area contributed by atoms with E-state index < -0.39 is 0 Å². The summed E-state index contributed by atoms with van der Waals surface area (Å²) in [5, 5.41) is 7.59. The van der Waals surface area contributed by atoms with Crippen molar-refractivity contribution in [3.63, 3.8) is 0 Å². The normalized spacial score (nSPS) is 43.5. The van der Waals surface area contributed by atoms with Gasteiger partial charge in [-0.25, -0.2) is 0 Å². The first-order chi connectivity index (χ1) is 15.3. The predicted octanol–water partition coefficient (Wildman–Crippen LogP) is 1.09. The summed E-state index contributed by atoms with van der Waals surface area (Å²) < 4.78 is 11.3. The minimum atomic E-state index is 0.0917. The Hall–Kier alpha value is -0.320. The summed E-state index contributed by atoms with van der Waals surface area (Å²) in [5.74, 6) is 1.23. The van der Waals surface area contributed by atoms with Gasteiger partial charge >= 0.3 is 0 Å². The van der Waals surface area contributed by atoms with Gasteiger partial charge in [0.2, 0.25) is 0 Å². The first-order valence-electron chi connectivity index (χ1n) is 12.8. The molecule has 0 radical (unpaired) electrons. The van der Waals surface area contributed by atoms with Crippen molar-refractivity contribution in [2.75, 3.05) is 53.0 Å². The molecule has 0 aromatic heterocycles. The number of hydrogen-bond acceptors (Lipinski definition) is 8. The molecule has 0 bridgehead atoms. The van der Waals surface area contributed by atoms with Gasteiger partial charge in [0.15, 0.2) is 0 Å². The number of likely N-dealkylation sites (tertiary alicyclic amines) is 1. The van der Waals surface area contributed by atoms with Gasteiger partial charge in [-0.3, -0.25) is 20.0 Å². The zero-order valence-electron chi connectivity index (χ0n) is 19.3. The van der Waals surface area contributed by atoms with E-state index in [0.717, 1.165) is 39.4 Å². The predicted molar refractivity (Wildman–Crippen MR) is 119 cm³/mol. The lowest BCUT2D eigenvalue weighted by atomic mass is 9.86. The molecule has 8 nitrogen and oxygen atoms in total. The molecule has 4 aliphatic heterocycles. The highest BCUT2D eigenvalue weighted by Gasteiger charge is 2.42. The Labute approximate surface area is 187 Å². The summed E-state index contributed by atoms with van der Waals surface area (Å²) in [5.41, 5.74) is 3.36. The number of hydroxylamine groups is 1. The number of nitrogens with one attached hydrogen (secondary N) is 3. The second-order valence-electron chi connectivity index (χ2n) is 10.2. The maximum atomic E-state index is 6.13. The molecule has 1 aliphatic carbocycles. The quantitative estimate of drug-likeness (QED) is 0.571. The molecule has 31 heavy (non-hydrogen) atoms. The number of nitrogens with zero attached hydrogens (tertiary/aromatic N) is 2. The van der Waals surface area contributed by atoms with Crippen LogP contribution in [0.15, 0.2) is 0 Å². The van der Waals surface area contributed by atoms with Crippen molar-refractivity contribution >= 4 is 0 Å². The molecule has 7 atom stereocenters. The van der Waals surface area contributed by atoms with Gasteiger partial charge in [-0.05, 0) is 51.0 Å². The molecule has 6 unspecified atom stereocenters. The minimum Gasteiger partial charge on any atom is -0.381 e. The second kappa shape index (κ2) is 10.7. The van der Waals surface area contributed by atoms with E-state index in [2.05, 4.69) is 25.9 Å². The standard InChI is InChI=1S/C23H43N5O3/c1-29-20-7-3-2-5-18(20)16-28-10-4-6-19(28)23-25-22(26-31-23)17-8-9-21(24-15-17)27-11-13-30-14-12-27/h17-26H,2-16H2,1H3/t17?,18?,19-,20?,21?,22?,23?/m0/s1. The Kier molecular flexibility index (Phi) is 7.78. The summed E-state index contributed by atoms with van der Waals surface area (Å²) in [7, 11) is 1.89. The molecule has 178 valence electrons. The lowest BCUT2D eigenvalue weighted by Gasteiger charge is -2.40. The van der Waals surface area contributed by atoms with Gasteiger partial charge in [-0.2, -0.15) is 5.48 Å². The van der Waals surface area contributed by atoms with Crippen LogP contribution in [0.3, 0.4) is 0 Å². The van der Waals surface area contributed by atoms with Gasteiger partial charge in [0.25, 0.3) is 0 Å². The van der Waals surface area contributed by atoms with E-state index in [0.29, 0.717) is 30.1 Å². The third-order valence-corrected chi connectivity index (χ3v) is 8.43. The third-order valence-electron chi connectivity index (χ3n) is 8.43. The van der Waals surface area contributed by atoms with E-state index in [-0.39, 0.29) is 12.4 Å². The fraction of sp³-hybridized carbons (Fsp3) is 1.00. The van der Waals surface area contributed by atoms with Crippen molar-refractivity contribution in [3.05, 3.63) is 0 Å². The molecule has 3 N–H and O–H groups in total. The van der Waals surface area contributed by atoms with Crippen LogP contribution in [-0.4, -0.2) is 93.6 Å². The maximum Gasteiger partial charge on any atom is 0.146 e. The minimum absolute atomic E-state index is 0.0917. The summed E-state index contributed by atoms with van der Waals surface area (Å²) >= 11 is 0. The fourth-order valence-corrected chi connectivity index (χ4v) is 6.58. The average molecular weight is 438 g/mol. The molecule has 4 saturated heterocycles. The number of hydrogen-bond donors (Lipinski definition) is 3. The molecule has 0 spiro atoms. The van der Waals surface area contributed by atoms with E-state index in [1.807, 2.05) is 7.11 Å². The van der Waals surface area contributed by atoms with Crippen LogP contribution in [0.1, 0.15) is 51.4 Å². The van der Waals surface area contributed by atoms with Gasteiger partial charge in [0.1, 0.15) is 6.23 Å². The van der Waals surface area contributed by atoms with Gasteiger partial charge in [-0.15, -0.1) is 0 Å². The molecule has 1 saturated carbocycles. The van der Waals surface area contributed by atoms with E-state index in [9.17, 15) is 0 Å². The van der Waals surface area contributed by atoms with Crippen molar-refractivity contribution in [2.24, 2.45) is 11.8 Å². The third kappa shape index (κ3) is 5.27. The Balaban J connectivity index is 1.10. The molecule has 8 heteroatoms. The van der Waals surface area contributed by atoms with E-state index >= 15 is 0 Å². The van der Waals surface area contributed by atoms with Crippen LogP contribution in [0, 0.1) is 11.8 Å². The van der Waals surface area contributed by atoms with E-state index in [1.165, 1.54) is 57.9 Å². The molecule has 5 fully saturated rings. The molecular formula is C23H43N5O3. The summed E-state index contributed by atoms with van der Waals surface area (Å²) in [6.45, 7) is 7.22. The van der Waals surface area contributed by atoms with Crippen LogP contribution in [0.2, 0.25) is 0 Å². The molecule has 0 aromatic carbocycles. The number of ether oxygens (including phenoxy) is 2. The van der Waals surface area contributed by atoms with Crippen molar-refractivity contribution < 1.29 is 14.3 Å². The van der Waals surface area contributed by atoms with Gasteiger partial charge in [-0.1, -0.05) is 12.8 Å². The summed E-state index contributed by atoms with van der Waals surface area (Å²) in [4.78, 5) is 11.4. The van der Waals surface area contributed by atoms with Crippen LogP contribution < -0.4 is 16.1 Å². The Bertz CT molecular complexity index is 555. The zero-order valence-corrected chi connectivity index (χ0v) is 19.3. The maximum absolute atomic E-state index is 6.13. The first-order valence-corrected chi connectivity index (χ1v) is 12.8. The lowest BCUT2D eigenvalue weighted by Crippen LogP contribution is -2.57. The highest BCUT2D eigenvalue weighted by molar-refractivity contribution is 4.93. The molecule has 0 aromatic rings. The molecule has 5 rings (SSSR count). The summed E-state index contributed by atoms with van der Waals surface area (Å²) in [6.07, 6.45) is 11.4. The number of rotatable bonds is 6. The van der Waals surface area contributed by atoms with Crippen molar-refractivity contribution in [3.8, 4) is 0 Å². The van der Waals surface area contributed by atoms with E-state index in [4.69, 9.17) is 14.3 Å². The van der Waals surface area contributed by atoms with Gasteiger partial charge < -0.3 is 14.8 Å². The molecular weight excluding hydrogens is 394 g/mol. The zero-order chi connectivity index (χ0) is 21.0. The Morgan fingerprint density at radius 3 is 2.65 bits per heavy atom. The first kappa shape index (κ1) is 22.5. The highest BCUT2D eigenvalue weighted by Crippen LogP contribution is 2.31. The number of morpholine rings is 1. The molecule has 4 heterocycles. The lowest BCUT2D eigenvalue weighted by molar-refractivity contribution is -0.0395. The second-order valence-corrected chi connectivity index (χ2v) is 10.2. The van der Waals surface area contributed by atoms with Crippen LogP contribution in [-0.2, 0) is 14.3 Å². The van der Waals surface area contributed by atoms with Crippen molar-refractivity contribution in [2.45, 2.75) is 82.1 Å². The summed E-state index contributed by atoms with van der Waals surface area (Å²) in [6, 6.07) is 0.467. The number of piperidine rings is 1. The molecule has 0 amide bonds. The van der Waals surface area contributed by atoms with Gasteiger partial charge in [0, 0.05) is 39.2 Å². The number of methoxy groups -OCH3 is 1. The van der Waals surface area contributed by atoms with Crippen molar-refractivity contribution in [1.82, 2.24) is 25.9 Å². The highest BCUT2D eigenvalue weighted by atomic mass is 16.7. The van der Waals surface area contributed by atoms with Crippen LogP contribution >= 0.6 is 0 Å². The van der Waals surface area contributed by atoms with Crippen LogP contribution in [0.5, 0.6) is 0 Å². The SMILES string of the molecule is COC1CCCCC1CN1CCC[C@H]1C1NC(C2CCC(N3CCOCC3)NC2)NO1. The van der Waals surface area contributed by atoms with Crippen molar-refractivity contribution in [1.29, 1.82) is 0 Å². The van der Waals surface area contributed by atoms with Crippen LogP contribution in [0.25, 0.3) is 0 Å². The van der Waals surface area contributed by atoms with Crippen LogP contribution in [0.4, 0.5) is 0 Å². The van der Waals surface area contributed by atoms with Gasteiger partial charge in [0.05, 0.1) is 37.7 Å².